The van der Waals surface area contributed by atoms with Gasteiger partial charge >= 0.3 is 0 Å². The normalized spacial score (nSPS) is 10.7. The van der Waals surface area contributed by atoms with Crippen molar-refractivity contribution in [3.8, 4) is 22.7 Å². The summed E-state index contributed by atoms with van der Waals surface area (Å²) in [5.41, 5.74) is 2.38. The predicted octanol–water partition coefficient (Wildman–Crippen LogP) is 4.78. The van der Waals surface area contributed by atoms with Crippen molar-refractivity contribution in [2.75, 3.05) is 5.32 Å². The van der Waals surface area contributed by atoms with Crippen molar-refractivity contribution in [1.82, 2.24) is 10.1 Å². The van der Waals surface area contributed by atoms with Crippen LogP contribution in [0, 0.1) is 0 Å². The third kappa shape index (κ3) is 2.99. The Bertz CT molecular complexity index is 959. The number of anilines is 1. The van der Waals surface area contributed by atoms with Gasteiger partial charge in [-0.3, -0.25) is 10.1 Å². The number of thiophene rings is 1. The Hall–Kier alpha value is -2.77. The van der Waals surface area contributed by atoms with Crippen molar-refractivity contribution < 1.29 is 9.32 Å². The molecule has 1 amide bonds. The average Bonchev–Trinajstić information content (AvgIpc) is 3.36. The highest BCUT2D eigenvalue weighted by molar-refractivity contribution is 7.14. The van der Waals surface area contributed by atoms with Crippen LogP contribution in [-0.4, -0.2) is 16.0 Å². The molecule has 7 heteroatoms. The van der Waals surface area contributed by atoms with E-state index in [-0.39, 0.29) is 5.91 Å². The molecule has 0 aliphatic carbocycles. The van der Waals surface area contributed by atoms with Crippen LogP contribution >= 0.6 is 22.7 Å². The maximum Gasteiger partial charge on any atom is 0.267 e. The quantitative estimate of drug-likeness (QED) is 0.573. The number of benzene rings is 1. The first-order chi connectivity index (χ1) is 11.8. The first-order valence-electron chi connectivity index (χ1n) is 7.12. The molecule has 1 N–H and O–H groups in total. The molecule has 0 unspecified atom stereocenters. The fourth-order valence-electron chi connectivity index (χ4n) is 2.15. The minimum atomic E-state index is -0.159. The summed E-state index contributed by atoms with van der Waals surface area (Å²) in [4.78, 5) is 17.1. The van der Waals surface area contributed by atoms with Gasteiger partial charge in [0.05, 0.1) is 4.88 Å². The summed E-state index contributed by atoms with van der Waals surface area (Å²) >= 11 is 2.74. The first-order valence-corrected chi connectivity index (χ1v) is 8.88. The number of nitrogens with one attached hydrogen (secondary N) is 1. The Labute approximate surface area is 145 Å². The molecule has 118 valence electrons. The van der Waals surface area contributed by atoms with E-state index in [0.717, 1.165) is 11.3 Å². The van der Waals surface area contributed by atoms with Gasteiger partial charge in [0, 0.05) is 17.0 Å². The molecule has 0 saturated heterocycles. The summed E-state index contributed by atoms with van der Waals surface area (Å²) in [6, 6.07) is 15.2. The topological polar surface area (TPSA) is 68.0 Å². The molecule has 0 radical (unpaired) electrons. The van der Waals surface area contributed by atoms with Gasteiger partial charge in [-0.15, -0.1) is 22.7 Å². The molecule has 0 aliphatic heterocycles. The number of hydrogen-bond donors (Lipinski definition) is 1. The summed E-state index contributed by atoms with van der Waals surface area (Å²) in [6.07, 6.45) is 0. The van der Waals surface area contributed by atoms with E-state index in [1.54, 1.807) is 6.07 Å². The fraction of sp³-hybridized carbons (Fsp3) is 0. The standard InChI is InChI=1S/C17H11N3O2S2/c21-16(15-7-4-8-23-15)19-17-18-13(10-24-17)14-9-12(20-22-14)11-5-2-1-3-6-11/h1-10H,(H,18,19,21). The molecular formula is C17H11N3O2S2. The number of carbonyl (C=O) groups is 1. The van der Waals surface area contributed by atoms with Gasteiger partial charge in [0.2, 0.25) is 0 Å². The number of rotatable bonds is 4. The van der Waals surface area contributed by atoms with Crippen molar-refractivity contribution in [2.45, 2.75) is 0 Å². The number of amides is 1. The Morgan fingerprint density at radius 1 is 1.04 bits per heavy atom. The van der Waals surface area contributed by atoms with Gasteiger partial charge in [-0.1, -0.05) is 41.6 Å². The number of thiazole rings is 1. The van der Waals surface area contributed by atoms with E-state index in [1.807, 2.05) is 53.2 Å². The maximum atomic E-state index is 12.0. The molecule has 3 heterocycles. The highest BCUT2D eigenvalue weighted by Crippen LogP contribution is 2.29. The molecule has 4 aromatic rings. The first kappa shape index (κ1) is 14.8. The third-order valence-corrected chi connectivity index (χ3v) is 4.93. The second kappa shape index (κ2) is 6.38. The summed E-state index contributed by atoms with van der Waals surface area (Å²) in [6.45, 7) is 0. The molecule has 0 aliphatic rings. The summed E-state index contributed by atoms with van der Waals surface area (Å²) in [7, 11) is 0. The van der Waals surface area contributed by atoms with Crippen LogP contribution in [0.2, 0.25) is 0 Å². The lowest BCUT2D eigenvalue weighted by molar-refractivity contribution is 0.103. The number of carbonyl (C=O) groups excluding carboxylic acids is 1. The van der Waals surface area contributed by atoms with Crippen LogP contribution in [0.5, 0.6) is 0 Å². The lowest BCUT2D eigenvalue weighted by atomic mass is 10.1. The molecule has 0 saturated carbocycles. The fourth-order valence-corrected chi connectivity index (χ4v) is 3.47. The lowest BCUT2D eigenvalue weighted by Gasteiger charge is -1.97. The zero-order valence-corrected chi connectivity index (χ0v) is 13.9. The summed E-state index contributed by atoms with van der Waals surface area (Å²) in [5, 5.41) is 11.1. The molecular weight excluding hydrogens is 342 g/mol. The van der Waals surface area contributed by atoms with Crippen molar-refractivity contribution in [2.24, 2.45) is 0 Å². The Balaban J connectivity index is 1.53. The van der Waals surface area contributed by atoms with Crippen LogP contribution < -0.4 is 5.32 Å². The molecule has 5 nitrogen and oxygen atoms in total. The third-order valence-electron chi connectivity index (χ3n) is 3.30. The van der Waals surface area contributed by atoms with E-state index in [9.17, 15) is 4.79 Å². The van der Waals surface area contributed by atoms with Crippen LogP contribution in [0.3, 0.4) is 0 Å². The van der Waals surface area contributed by atoms with Crippen LogP contribution in [0.1, 0.15) is 9.67 Å². The maximum absolute atomic E-state index is 12.0. The minimum absolute atomic E-state index is 0.159. The van der Waals surface area contributed by atoms with Gasteiger partial charge in [0.25, 0.3) is 5.91 Å². The lowest BCUT2D eigenvalue weighted by Crippen LogP contribution is -2.09. The minimum Gasteiger partial charge on any atom is -0.354 e. The highest BCUT2D eigenvalue weighted by Gasteiger charge is 2.14. The van der Waals surface area contributed by atoms with Gasteiger partial charge in [-0.25, -0.2) is 4.98 Å². The van der Waals surface area contributed by atoms with Crippen molar-refractivity contribution in [1.29, 1.82) is 0 Å². The molecule has 4 rings (SSSR count). The van der Waals surface area contributed by atoms with Gasteiger partial charge in [0.1, 0.15) is 11.4 Å². The van der Waals surface area contributed by atoms with Crippen LogP contribution in [0.4, 0.5) is 5.13 Å². The second-order valence-corrected chi connectivity index (χ2v) is 6.72. The highest BCUT2D eigenvalue weighted by atomic mass is 32.1. The Kier molecular flexibility index (Phi) is 3.94. The largest absolute Gasteiger partial charge is 0.354 e. The summed E-state index contributed by atoms with van der Waals surface area (Å²) < 4.78 is 5.38. The van der Waals surface area contributed by atoms with Gasteiger partial charge in [-0.2, -0.15) is 0 Å². The molecule has 0 spiro atoms. The van der Waals surface area contributed by atoms with Crippen molar-refractivity contribution >= 4 is 33.7 Å². The van der Waals surface area contributed by atoms with E-state index in [2.05, 4.69) is 15.5 Å². The predicted molar refractivity (Wildman–Crippen MR) is 95.3 cm³/mol. The Morgan fingerprint density at radius 2 is 1.92 bits per heavy atom. The molecule has 24 heavy (non-hydrogen) atoms. The van der Waals surface area contributed by atoms with Crippen molar-refractivity contribution in [3.63, 3.8) is 0 Å². The second-order valence-electron chi connectivity index (χ2n) is 4.91. The van der Waals surface area contributed by atoms with E-state index >= 15 is 0 Å². The molecule has 0 bridgehead atoms. The molecule has 0 atom stereocenters. The van der Waals surface area contributed by atoms with Gasteiger partial charge in [-0.05, 0) is 11.4 Å². The number of hydrogen-bond acceptors (Lipinski definition) is 6. The number of aromatic nitrogens is 2. The van der Waals surface area contributed by atoms with E-state index in [0.29, 0.717) is 21.5 Å². The van der Waals surface area contributed by atoms with Crippen LogP contribution in [-0.2, 0) is 0 Å². The zero-order valence-electron chi connectivity index (χ0n) is 12.3. The average molecular weight is 353 g/mol. The summed E-state index contributed by atoms with van der Waals surface area (Å²) in [5.74, 6) is 0.412. The van der Waals surface area contributed by atoms with Crippen LogP contribution in [0.15, 0.2) is 63.8 Å². The van der Waals surface area contributed by atoms with Gasteiger partial charge < -0.3 is 4.52 Å². The Morgan fingerprint density at radius 3 is 2.71 bits per heavy atom. The molecule has 0 fully saturated rings. The number of nitrogens with zero attached hydrogens (tertiary/aromatic N) is 2. The van der Waals surface area contributed by atoms with Crippen molar-refractivity contribution in [3.05, 3.63) is 64.2 Å². The van der Waals surface area contributed by atoms with E-state index in [1.165, 1.54) is 22.7 Å². The zero-order chi connectivity index (χ0) is 16.4. The monoisotopic (exact) mass is 353 g/mol. The SMILES string of the molecule is O=C(Nc1nc(-c2cc(-c3ccccc3)no2)cs1)c1cccs1. The molecule has 3 aromatic heterocycles. The van der Waals surface area contributed by atoms with E-state index in [4.69, 9.17) is 4.52 Å². The van der Waals surface area contributed by atoms with Gasteiger partial charge in [0.15, 0.2) is 10.9 Å². The van der Waals surface area contributed by atoms with E-state index < -0.39 is 0 Å². The van der Waals surface area contributed by atoms with Crippen LogP contribution in [0.25, 0.3) is 22.7 Å². The smallest absolute Gasteiger partial charge is 0.267 e. The molecule has 1 aromatic carbocycles.